The molecule has 0 aliphatic carbocycles. The molecule has 1 aliphatic rings. The van der Waals surface area contributed by atoms with Crippen LogP contribution in [-0.4, -0.2) is 41.3 Å². The van der Waals surface area contributed by atoms with E-state index in [4.69, 9.17) is 11.6 Å². The van der Waals surface area contributed by atoms with Crippen LogP contribution in [-0.2, 0) is 11.2 Å². The number of thiazole rings is 1. The molecule has 0 bridgehead atoms. The Kier molecular flexibility index (Phi) is 6.44. The maximum Gasteiger partial charge on any atom is 0.255 e. The second-order valence-electron chi connectivity index (χ2n) is 6.62. The molecule has 2 amide bonds. The van der Waals surface area contributed by atoms with Crippen molar-refractivity contribution in [2.24, 2.45) is 0 Å². The van der Waals surface area contributed by atoms with Gasteiger partial charge in [-0.25, -0.2) is 9.37 Å². The third-order valence-electron chi connectivity index (χ3n) is 4.54. The van der Waals surface area contributed by atoms with Crippen LogP contribution < -0.4 is 5.32 Å². The van der Waals surface area contributed by atoms with Crippen LogP contribution in [0.3, 0.4) is 0 Å². The molecule has 27 heavy (non-hydrogen) atoms. The summed E-state index contributed by atoms with van der Waals surface area (Å²) < 4.78 is 13.2. The molecule has 3 rings (SSSR count). The summed E-state index contributed by atoms with van der Waals surface area (Å²) in [5, 5.41) is 5.92. The molecule has 2 heterocycles. The standard InChI is InChI=1S/C19H21ClFN3O2S/c1-12(25)22-7-6-15-11-27-18(23-15)13-3-2-8-24(10-13)19(26)16-5-4-14(21)9-17(16)20/h4-5,9,11,13H,2-3,6-8,10H2,1H3,(H,22,25)/t13-/m1/s1. The molecule has 1 fully saturated rings. The van der Waals surface area contributed by atoms with E-state index in [2.05, 4.69) is 10.3 Å². The van der Waals surface area contributed by atoms with E-state index in [1.54, 1.807) is 16.2 Å². The van der Waals surface area contributed by atoms with Gasteiger partial charge in [0.1, 0.15) is 5.82 Å². The van der Waals surface area contributed by atoms with Gasteiger partial charge in [-0.1, -0.05) is 11.6 Å². The summed E-state index contributed by atoms with van der Waals surface area (Å²) in [6.45, 7) is 3.29. The third kappa shape index (κ3) is 5.05. The monoisotopic (exact) mass is 409 g/mol. The van der Waals surface area contributed by atoms with Crippen LogP contribution in [0, 0.1) is 5.82 Å². The normalized spacial score (nSPS) is 17.0. The molecule has 1 aromatic heterocycles. The van der Waals surface area contributed by atoms with Gasteiger partial charge in [0, 0.05) is 44.3 Å². The van der Waals surface area contributed by atoms with Gasteiger partial charge in [0.05, 0.1) is 21.3 Å². The number of likely N-dealkylation sites (tertiary alicyclic amines) is 1. The fourth-order valence-corrected chi connectivity index (χ4v) is 4.42. The molecule has 0 spiro atoms. The van der Waals surface area contributed by atoms with Crippen molar-refractivity contribution in [3.05, 3.63) is 50.7 Å². The van der Waals surface area contributed by atoms with Crippen molar-refractivity contribution in [1.82, 2.24) is 15.2 Å². The van der Waals surface area contributed by atoms with Gasteiger partial charge in [-0.3, -0.25) is 9.59 Å². The zero-order valence-electron chi connectivity index (χ0n) is 15.0. The number of aromatic nitrogens is 1. The molecule has 8 heteroatoms. The fourth-order valence-electron chi connectivity index (χ4n) is 3.19. The second-order valence-corrected chi connectivity index (χ2v) is 7.92. The molecule has 1 aromatic carbocycles. The number of nitrogens with zero attached hydrogens (tertiary/aromatic N) is 2. The molecule has 144 valence electrons. The number of carbonyl (C=O) groups is 2. The summed E-state index contributed by atoms with van der Waals surface area (Å²) in [5.41, 5.74) is 1.28. The Labute approximate surface area is 166 Å². The highest BCUT2D eigenvalue weighted by atomic mass is 35.5. The third-order valence-corrected chi connectivity index (χ3v) is 5.91. The average Bonchev–Trinajstić information content (AvgIpc) is 3.10. The molecule has 1 saturated heterocycles. The van der Waals surface area contributed by atoms with Gasteiger partial charge in [-0.2, -0.15) is 0 Å². The lowest BCUT2D eigenvalue weighted by Crippen LogP contribution is -2.39. The minimum Gasteiger partial charge on any atom is -0.356 e. The van der Waals surface area contributed by atoms with E-state index >= 15 is 0 Å². The summed E-state index contributed by atoms with van der Waals surface area (Å²) in [4.78, 5) is 30.2. The first-order valence-electron chi connectivity index (χ1n) is 8.87. The first-order valence-corrected chi connectivity index (χ1v) is 10.1. The molecule has 0 unspecified atom stereocenters. The van der Waals surface area contributed by atoms with Gasteiger partial charge in [0.25, 0.3) is 5.91 Å². The number of halogens is 2. The van der Waals surface area contributed by atoms with Crippen LogP contribution in [0.1, 0.15) is 46.7 Å². The lowest BCUT2D eigenvalue weighted by Gasteiger charge is -2.32. The Hall–Kier alpha value is -1.99. The number of nitrogens with one attached hydrogen (secondary N) is 1. The van der Waals surface area contributed by atoms with Gasteiger partial charge in [0.15, 0.2) is 0 Å². The maximum absolute atomic E-state index is 13.2. The summed E-state index contributed by atoms with van der Waals surface area (Å²) in [7, 11) is 0. The minimum absolute atomic E-state index is 0.0497. The van der Waals surface area contributed by atoms with Crippen molar-refractivity contribution in [3.63, 3.8) is 0 Å². The molecule has 0 radical (unpaired) electrons. The zero-order chi connectivity index (χ0) is 19.4. The van der Waals surface area contributed by atoms with Crippen molar-refractivity contribution in [2.75, 3.05) is 19.6 Å². The van der Waals surface area contributed by atoms with Crippen LogP contribution in [0.25, 0.3) is 0 Å². The smallest absolute Gasteiger partial charge is 0.255 e. The summed E-state index contributed by atoms with van der Waals surface area (Å²) in [6.07, 6.45) is 2.55. The van der Waals surface area contributed by atoms with Crippen LogP contribution >= 0.6 is 22.9 Å². The Morgan fingerprint density at radius 2 is 2.26 bits per heavy atom. The van der Waals surface area contributed by atoms with Gasteiger partial charge < -0.3 is 10.2 Å². The van der Waals surface area contributed by atoms with Gasteiger partial charge >= 0.3 is 0 Å². The maximum atomic E-state index is 13.2. The second kappa shape index (κ2) is 8.80. The van der Waals surface area contributed by atoms with Gasteiger partial charge in [-0.05, 0) is 31.0 Å². The van der Waals surface area contributed by atoms with E-state index in [9.17, 15) is 14.0 Å². The summed E-state index contributed by atoms with van der Waals surface area (Å²) in [6, 6.07) is 3.86. The molecule has 1 aliphatic heterocycles. The highest BCUT2D eigenvalue weighted by molar-refractivity contribution is 7.09. The fraction of sp³-hybridized carbons (Fsp3) is 0.421. The Balaban J connectivity index is 1.64. The van der Waals surface area contributed by atoms with Crippen LogP contribution in [0.4, 0.5) is 4.39 Å². The van der Waals surface area contributed by atoms with Crippen molar-refractivity contribution in [3.8, 4) is 0 Å². The highest BCUT2D eigenvalue weighted by Gasteiger charge is 2.28. The Bertz CT molecular complexity index is 842. The first kappa shape index (κ1) is 19.8. The number of piperidine rings is 1. The van der Waals surface area contributed by atoms with E-state index in [0.717, 1.165) is 23.5 Å². The Morgan fingerprint density at radius 1 is 1.44 bits per heavy atom. The predicted octanol–water partition coefficient (Wildman–Crippen LogP) is 3.63. The quantitative estimate of drug-likeness (QED) is 0.820. The van der Waals surface area contributed by atoms with Crippen molar-refractivity contribution < 1.29 is 14.0 Å². The zero-order valence-corrected chi connectivity index (χ0v) is 16.6. The van der Waals surface area contributed by atoms with Crippen LogP contribution in [0.5, 0.6) is 0 Å². The van der Waals surface area contributed by atoms with Crippen LogP contribution in [0.15, 0.2) is 23.6 Å². The number of rotatable bonds is 5. The van der Waals surface area contributed by atoms with E-state index in [0.29, 0.717) is 31.6 Å². The van der Waals surface area contributed by atoms with Crippen molar-refractivity contribution in [2.45, 2.75) is 32.1 Å². The number of carbonyl (C=O) groups excluding carboxylic acids is 2. The SMILES string of the molecule is CC(=O)NCCc1csc([C@@H]2CCCN(C(=O)c3ccc(F)cc3Cl)C2)n1. The highest BCUT2D eigenvalue weighted by Crippen LogP contribution is 2.31. The van der Waals surface area contributed by atoms with E-state index < -0.39 is 5.82 Å². The molecule has 0 saturated carbocycles. The lowest BCUT2D eigenvalue weighted by molar-refractivity contribution is -0.118. The number of amides is 2. The number of hydrogen-bond donors (Lipinski definition) is 1. The topological polar surface area (TPSA) is 62.3 Å². The molecule has 2 aromatic rings. The predicted molar refractivity (Wildman–Crippen MR) is 104 cm³/mol. The van der Waals surface area contributed by atoms with Crippen molar-refractivity contribution in [1.29, 1.82) is 0 Å². The first-order chi connectivity index (χ1) is 12.9. The van der Waals surface area contributed by atoms with E-state index in [1.165, 1.54) is 25.1 Å². The van der Waals surface area contributed by atoms with Gasteiger partial charge in [-0.15, -0.1) is 11.3 Å². The number of benzene rings is 1. The minimum atomic E-state index is -0.456. The summed E-state index contributed by atoms with van der Waals surface area (Å²) in [5.74, 6) is -0.498. The molecule has 1 atom stereocenters. The average molecular weight is 410 g/mol. The molecular formula is C19H21ClFN3O2S. The number of hydrogen-bond acceptors (Lipinski definition) is 4. The van der Waals surface area contributed by atoms with Crippen LogP contribution in [0.2, 0.25) is 5.02 Å². The largest absolute Gasteiger partial charge is 0.356 e. The Morgan fingerprint density at radius 3 is 3.00 bits per heavy atom. The molecule has 5 nitrogen and oxygen atoms in total. The van der Waals surface area contributed by atoms with E-state index in [-0.39, 0.29) is 22.8 Å². The lowest BCUT2D eigenvalue weighted by atomic mass is 9.98. The van der Waals surface area contributed by atoms with Crippen molar-refractivity contribution >= 4 is 34.8 Å². The summed E-state index contributed by atoms with van der Waals surface area (Å²) >= 11 is 7.64. The van der Waals surface area contributed by atoms with E-state index in [1.807, 2.05) is 5.38 Å². The molecular weight excluding hydrogens is 389 g/mol. The van der Waals surface area contributed by atoms with Gasteiger partial charge in [0.2, 0.25) is 5.91 Å². The molecule has 1 N–H and O–H groups in total.